The Morgan fingerprint density at radius 2 is 1.67 bits per heavy atom. The first-order valence-corrected chi connectivity index (χ1v) is 16.4. The van der Waals surface area contributed by atoms with E-state index in [4.69, 9.17) is 49.0 Å². The number of hydrogen-bond donors (Lipinski definition) is 2. The number of carbonyl (C=O) groups excluding carboxylic acids is 1. The van der Waals surface area contributed by atoms with Crippen molar-refractivity contribution in [2.75, 3.05) is 66.9 Å². The van der Waals surface area contributed by atoms with Gasteiger partial charge in [0.1, 0.15) is 18.5 Å². The Hall–Kier alpha value is -3.67. The third-order valence-corrected chi connectivity index (χ3v) is 8.68. The number of ether oxygens (including phenoxy) is 3. The van der Waals surface area contributed by atoms with E-state index < -0.39 is 5.79 Å². The van der Waals surface area contributed by atoms with Gasteiger partial charge in [0.25, 0.3) is 0 Å². The van der Waals surface area contributed by atoms with Crippen LogP contribution in [0.15, 0.2) is 85.5 Å². The van der Waals surface area contributed by atoms with E-state index in [0.29, 0.717) is 47.8 Å². The number of carbonyl (C=O) groups is 1. The first-order valence-electron chi connectivity index (χ1n) is 15.1. The minimum absolute atomic E-state index is 0.262. The van der Waals surface area contributed by atoms with E-state index in [-0.39, 0.29) is 12.1 Å². The summed E-state index contributed by atoms with van der Waals surface area (Å²) in [7, 11) is 0. The van der Waals surface area contributed by atoms with E-state index in [0.717, 1.165) is 49.0 Å². The Kier molecular flexibility index (Phi) is 10.4. The highest BCUT2D eigenvalue weighted by Crippen LogP contribution is 2.40. The molecule has 4 aromatic rings. The van der Waals surface area contributed by atoms with Gasteiger partial charge in [0, 0.05) is 78.6 Å². The maximum Gasteiger partial charge on any atom is 0.319 e. The van der Waals surface area contributed by atoms with Gasteiger partial charge in [-0.2, -0.15) is 0 Å². The predicted molar refractivity (Wildman–Crippen MR) is 182 cm³/mol. The summed E-state index contributed by atoms with van der Waals surface area (Å²) in [6.07, 6.45) is 4.98. The average molecular weight is 686 g/mol. The molecule has 6 rings (SSSR count). The first-order chi connectivity index (χ1) is 22.4. The highest BCUT2D eigenvalue weighted by Gasteiger charge is 2.45. The monoisotopic (exact) mass is 684 g/mol. The van der Waals surface area contributed by atoms with E-state index in [1.165, 1.54) is 0 Å². The van der Waals surface area contributed by atoms with Crippen LogP contribution in [0, 0.1) is 0 Å². The fourth-order valence-electron chi connectivity index (χ4n) is 5.63. The van der Waals surface area contributed by atoms with Crippen LogP contribution >= 0.6 is 34.8 Å². The normalized spacial score (nSPS) is 19.7. The van der Waals surface area contributed by atoms with Crippen molar-refractivity contribution in [3.63, 3.8) is 0 Å². The van der Waals surface area contributed by atoms with Crippen molar-refractivity contribution < 1.29 is 19.0 Å². The van der Waals surface area contributed by atoms with Gasteiger partial charge < -0.3 is 39.2 Å². The van der Waals surface area contributed by atoms with Crippen LogP contribution < -0.4 is 25.2 Å². The summed E-state index contributed by atoms with van der Waals surface area (Å²) in [4.78, 5) is 20.7. The Morgan fingerprint density at radius 3 is 2.30 bits per heavy atom. The molecule has 2 aliphatic heterocycles. The smallest absolute Gasteiger partial charge is 0.319 e. The topological polar surface area (TPSA) is 93.1 Å². The summed E-state index contributed by atoms with van der Waals surface area (Å²) >= 11 is 18.4. The molecule has 13 heteroatoms. The molecule has 0 saturated carbocycles. The fourth-order valence-corrected chi connectivity index (χ4v) is 6.28. The zero-order valence-electron chi connectivity index (χ0n) is 25.1. The number of nitrogens with zero attached hydrogens (tertiary/aromatic N) is 4. The quantitative estimate of drug-likeness (QED) is 0.181. The van der Waals surface area contributed by atoms with Gasteiger partial charge in [-0.1, -0.05) is 29.3 Å². The third kappa shape index (κ3) is 7.82. The highest BCUT2D eigenvalue weighted by molar-refractivity contribution is 6.35. The number of amides is 2. The lowest BCUT2D eigenvalue weighted by Gasteiger charge is -2.37. The number of piperazine rings is 1. The summed E-state index contributed by atoms with van der Waals surface area (Å²) in [5.41, 5.74) is 3.71. The minimum Gasteiger partial charge on any atom is -0.491 e. The Bertz CT molecular complexity index is 1580. The van der Waals surface area contributed by atoms with Gasteiger partial charge in [0.05, 0.1) is 24.5 Å². The zero-order valence-corrected chi connectivity index (χ0v) is 27.3. The van der Waals surface area contributed by atoms with Crippen LogP contribution in [0.25, 0.3) is 0 Å². The second kappa shape index (κ2) is 14.8. The average Bonchev–Trinajstić information content (AvgIpc) is 3.74. The van der Waals surface area contributed by atoms with Gasteiger partial charge >= 0.3 is 6.03 Å². The standard InChI is InChI=1S/C33H35Cl3N6O4/c34-11-12-38-32(43)39-25-2-4-26(5-3-25)41-15-17-42(18-16-41)27-6-8-28(9-7-27)44-20-29-21-45-33(46-29,22-40-14-13-37-23-40)30-10-1-24(35)19-31(30)36/h1-10,13-14,19,23,29H,11-12,15-18,20-22H2,(H2,38,39,43)/t29-,33-/m1/s1. The number of anilines is 3. The molecule has 2 atom stereocenters. The minimum atomic E-state index is -1.10. The van der Waals surface area contributed by atoms with Crippen LogP contribution in [-0.4, -0.2) is 73.5 Å². The molecule has 1 aromatic heterocycles. The Labute approximate surface area is 283 Å². The Morgan fingerprint density at radius 1 is 0.978 bits per heavy atom. The SMILES string of the molecule is O=C(NCCCl)Nc1ccc(N2CCN(c3ccc(OC[C@@H]4CO[C@@](Cn5ccnc5)(c5ccc(Cl)cc5Cl)O4)cc3)CC2)cc1. The molecule has 2 saturated heterocycles. The lowest BCUT2D eigenvalue weighted by atomic mass is 10.1. The number of halogens is 3. The molecule has 46 heavy (non-hydrogen) atoms. The van der Waals surface area contributed by atoms with E-state index in [2.05, 4.69) is 37.6 Å². The van der Waals surface area contributed by atoms with Crippen molar-refractivity contribution in [1.82, 2.24) is 14.9 Å². The lowest BCUT2D eigenvalue weighted by Crippen LogP contribution is -2.46. The first kappa shape index (κ1) is 32.3. The van der Waals surface area contributed by atoms with Crippen molar-refractivity contribution in [3.05, 3.63) is 101 Å². The van der Waals surface area contributed by atoms with Gasteiger partial charge in [0.15, 0.2) is 0 Å². The summed E-state index contributed by atoms with van der Waals surface area (Å²) in [5, 5.41) is 6.52. The maximum atomic E-state index is 11.9. The zero-order chi connectivity index (χ0) is 31.9. The molecule has 3 heterocycles. The van der Waals surface area contributed by atoms with Crippen LogP contribution in [0.1, 0.15) is 5.56 Å². The van der Waals surface area contributed by atoms with Crippen molar-refractivity contribution in [2.24, 2.45) is 0 Å². The molecule has 2 N–H and O–H groups in total. The van der Waals surface area contributed by atoms with Gasteiger partial charge in [-0.15, -0.1) is 11.6 Å². The summed E-state index contributed by atoms with van der Waals surface area (Å²) < 4.78 is 20.8. The maximum absolute atomic E-state index is 11.9. The molecule has 2 amide bonds. The van der Waals surface area contributed by atoms with Gasteiger partial charge in [-0.05, 0) is 60.7 Å². The number of hydrogen-bond acceptors (Lipinski definition) is 7. The van der Waals surface area contributed by atoms with Crippen molar-refractivity contribution >= 4 is 57.9 Å². The molecule has 0 spiro atoms. The van der Waals surface area contributed by atoms with E-state index in [1.807, 2.05) is 53.2 Å². The van der Waals surface area contributed by atoms with Crippen LogP contribution in [0.3, 0.4) is 0 Å². The fraction of sp³-hybridized carbons (Fsp3) is 0.333. The van der Waals surface area contributed by atoms with Crippen LogP contribution in [-0.2, 0) is 21.8 Å². The molecular weight excluding hydrogens is 651 g/mol. The highest BCUT2D eigenvalue weighted by atomic mass is 35.5. The number of nitrogens with one attached hydrogen (secondary N) is 2. The van der Waals surface area contributed by atoms with Crippen molar-refractivity contribution in [3.8, 4) is 5.75 Å². The van der Waals surface area contributed by atoms with Crippen LogP contribution in [0.2, 0.25) is 10.0 Å². The molecule has 0 bridgehead atoms. The number of urea groups is 1. The van der Waals surface area contributed by atoms with Crippen LogP contribution in [0.4, 0.5) is 21.9 Å². The Balaban J connectivity index is 0.999. The summed E-state index contributed by atoms with van der Waals surface area (Å²) in [6.45, 7) is 5.02. The third-order valence-electron chi connectivity index (χ3n) is 7.94. The predicted octanol–water partition coefficient (Wildman–Crippen LogP) is 6.22. The van der Waals surface area contributed by atoms with E-state index in [9.17, 15) is 4.79 Å². The number of benzene rings is 3. The molecular formula is C33H35Cl3N6O4. The second-order valence-electron chi connectivity index (χ2n) is 11.1. The molecule has 10 nitrogen and oxygen atoms in total. The molecule has 0 unspecified atom stereocenters. The number of aromatic nitrogens is 2. The van der Waals surface area contributed by atoms with Gasteiger partial charge in [-0.25, -0.2) is 9.78 Å². The largest absolute Gasteiger partial charge is 0.491 e. The number of alkyl halides is 1. The van der Waals surface area contributed by atoms with Crippen molar-refractivity contribution in [2.45, 2.75) is 18.4 Å². The van der Waals surface area contributed by atoms with Crippen molar-refractivity contribution in [1.29, 1.82) is 0 Å². The molecule has 2 fully saturated rings. The second-order valence-corrected chi connectivity index (χ2v) is 12.3. The lowest BCUT2D eigenvalue weighted by molar-refractivity contribution is -0.189. The van der Waals surface area contributed by atoms with Gasteiger partial charge in [-0.3, -0.25) is 0 Å². The van der Waals surface area contributed by atoms with Gasteiger partial charge in [0.2, 0.25) is 5.79 Å². The molecule has 0 radical (unpaired) electrons. The number of imidazole rings is 1. The van der Waals surface area contributed by atoms with E-state index in [1.54, 1.807) is 24.7 Å². The molecule has 2 aliphatic rings. The molecule has 0 aliphatic carbocycles. The summed E-state index contributed by atoms with van der Waals surface area (Å²) in [6, 6.07) is 21.1. The van der Waals surface area contributed by atoms with Crippen LogP contribution in [0.5, 0.6) is 5.75 Å². The molecule has 3 aromatic carbocycles. The summed E-state index contributed by atoms with van der Waals surface area (Å²) in [5.74, 6) is 0.0368. The number of rotatable bonds is 11. The molecule has 242 valence electrons. The van der Waals surface area contributed by atoms with E-state index >= 15 is 0 Å².